The molecule has 2 atom stereocenters. The number of aryl methyl sites for hydroxylation is 2. The number of sulfonamides is 1. The van der Waals surface area contributed by atoms with Crippen LogP contribution in [0.5, 0.6) is 11.5 Å². The lowest BCUT2D eigenvalue weighted by atomic mass is 10.1. The van der Waals surface area contributed by atoms with Crippen LogP contribution >= 0.6 is 23.2 Å². The zero-order valence-electron chi connectivity index (χ0n) is 26.7. The van der Waals surface area contributed by atoms with E-state index < -0.39 is 28.5 Å². The van der Waals surface area contributed by atoms with Gasteiger partial charge in [-0.15, -0.1) is 0 Å². The SMILES string of the molecule is CC[C@H](C)NC(=O)[C@H](CC)N(Cc1c(Cl)cccc1Cl)C(=O)CN(c1cc(C)cc(C)c1)S(=O)(=O)c1ccc(OC)c(OC)c1. The molecule has 3 rings (SSSR count). The van der Waals surface area contributed by atoms with Crippen molar-refractivity contribution in [2.24, 2.45) is 0 Å². The highest BCUT2D eigenvalue weighted by atomic mass is 35.5. The molecule has 3 aromatic carbocycles. The summed E-state index contributed by atoms with van der Waals surface area (Å²) in [4.78, 5) is 29.2. The third-order valence-corrected chi connectivity index (χ3v) is 9.97. The average Bonchev–Trinajstić information content (AvgIpc) is 2.99. The molecular weight excluding hydrogens is 637 g/mol. The Morgan fingerprint density at radius 3 is 2.02 bits per heavy atom. The number of carbonyl (C=O) groups excluding carboxylic acids is 2. The number of hydrogen-bond acceptors (Lipinski definition) is 6. The number of amides is 2. The molecule has 0 bridgehead atoms. The smallest absolute Gasteiger partial charge is 0.264 e. The van der Waals surface area contributed by atoms with E-state index in [9.17, 15) is 18.0 Å². The molecule has 0 radical (unpaired) electrons. The fourth-order valence-corrected chi connectivity index (χ4v) is 6.87. The summed E-state index contributed by atoms with van der Waals surface area (Å²) < 4.78 is 40.4. The molecular formula is C33H41Cl2N3O6S. The summed E-state index contributed by atoms with van der Waals surface area (Å²) in [6, 6.07) is 13.5. The molecule has 9 nitrogen and oxygen atoms in total. The van der Waals surface area contributed by atoms with Crippen molar-refractivity contribution >= 4 is 50.7 Å². The summed E-state index contributed by atoms with van der Waals surface area (Å²) in [6.07, 6.45) is 0.957. The lowest BCUT2D eigenvalue weighted by molar-refractivity contribution is -0.140. The molecule has 0 aliphatic heterocycles. The van der Waals surface area contributed by atoms with E-state index in [0.29, 0.717) is 33.5 Å². The van der Waals surface area contributed by atoms with Gasteiger partial charge in [0.05, 0.1) is 24.8 Å². The number of methoxy groups -OCH3 is 2. The third kappa shape index (κ3) is 8.62. The Hall–Kier alpha value is -3.47. The van der Waals surface area contributed by atoms with Crippen molar-refractivity contribution in [1.82, 2.24) is 10.2 Å². The Bertz CT molecular complexity index is 1590. The summed E-state index contributed by atoms with van der Waals surface area (Å²) in [5.74, 6) is -0.399. The van der Waals surface area contributed by atoms with Gasteiger partial charge in [0.25, 0.3) is 10.0 Å². The molecule has 0 unspecified atom stereocenters. The van der Waals surface area contributed by atoms with Gasteiger partial charge in [-0.1, -0.05) is 49.2 Å². The lowest BCUT2D eigenvalue weighted by Gasteiger charge is -2.34. The first-order valence-corrected chi connectivity index (χ1v) is 16.8. The highest BCUT2D eigenvalue weighted by Crippen LogP contribution is 2.33. The predicted octanol–water partition coefficient (Wildman–Crippen LogP) is 6.54. The molecule has 1 N–H and O–H groups in total. The molecule has 3 aromatic rings. The first-order chi connectivity index (χ1) is 21.3. The second-order valence-electron chi connectivity index (χ2n) is 10.8. The second kappa shape index (κ2) is 15.7. The molecule has 0 aliphatic carbocycles. The van der Waals surface area contributed by atoms with E-state index in [0.717, 1.165) is 15.4 Å². The number of nitrogens with one attached hydrogen (secondary N) is 1. The number of rotatable bonds is 14. The largest absolute Gasteiger partial charge is 0.493 e. The summed E-state index contributed by atoms with van der Waals surface area (Å²) >= 11 is 13.0. The number of carbonyl (C=O) groups is 2. The number of anilines is 1. The van der Waals surface area contributed by atoms with Crippen molar-refractivity contribution in [3.05, 3.63) is 81.3 Å². The molecule has 0 aromatic heterocycles. The molecule has 12 heteroatoms. The fraction of sp³-hybridized carbons (Fsp3) is 0.394. The normalized spacial score (nSPS) is 12.6. The van der Waals surface area contributed by atoms with Gasteiger partial charge in [0, 0.05) is 34.3 Å². The molecule has 0 saturated heterocycles. The summed E-state index contributed by atoms with van der Waals surface area (Å²) in [7, 11) is -1.48. The Labute approximate surface area is 276 Å². The molecule has 45 heavy (non-hydrogen) atoms. The lowest BCUT2D eigenvalue weighted by Crippen LogP contribution is -2.53. The van der Waals surface area contributed by atoms with E-state index in [2.05, 4.69) is 5.32 Å². The maximum atomic E-state index is 14.4. The Kier molecular flexibility index (Phi) is 12.6. The van der Waals surface area contributed by atoms with Crippen LogP contribution in [0.3, 0.4) is 0 Å². The fourth-order valence-electron chi connectivity index (χ4n) is 4.94. The van der Waals surface area contributed by atoms with Crippen LogP contribution in [0.15, 0.2) is 59.5 Å². The number of ether oxygens (including phenoxy) is 2. The molecule has 0 heterocycles. The molecule has 0 fully saturated rings. The number of halogens is 2. The van der Waals surface area contributed by atoms with E-state index in [1.54, 1.807) is 37.3 Å². The minimum atomic E-state index is -4.34. The van der Waals surface area contributed by atoms with Crippen LogP contribution in [0.25, 0.3) is 0 Å². The average molecular weight is 679 g/mol. The molecule has 0 aliphatic rings. The van der Waals surface area contributed by atoms with Crippen LogP contribution in [-0.4, -0.2) is 58.0 Å². The third-order valence-electron chi connectivity index (χ3n) is 7.49. The summed E-state index contributed by atoms with van der Waals surface area (Å²) in [6.45, 7) is 8.58. The summed E-state index contributed by atoms with van der Waals surface area (Å²) in [5, 5.41) is 3.60. The van der Waals surface area contributed by atoms with Crippen LogP contribution in [0.4, 0.5) is 5.69 Å². The number of nitrogens with zero attached hydrogens (tertiary/aromatic N) is 2. The van der Waals surface area contributed by atoms with Gasteiger partial charge in [-0.25, -0.2) is 8.42 Å². The van der Waals surface area contributed by atoms with Crippen LogP contribution in [0.1, 0.15) is 50.3 Å². The Morgan fingerprint density at radius 2 is 1.49 bits per heavy atom. The van der Waals surface area contributed by atoms with Crippen molar-refractivity contribution < 1.29 is 27.5 Å². The topological polar surface area (TPSA) is 105 Å². The standard InChI is InChI=1S/C33H41Cl2N3O6S/c1-8-23(5)36-33(40)29(9-2)37(19-26-27(34)11-10-12-28(26)35)32(39)20-38(24-16-21(3)15-22(4)17-24)45(41,42)25-13-14-30(43-6)31(18-25)44-7/h10-18,23,29H,8-9,19-20H2,1-7H3,(H,36,40)/t23-,29-/m0/s1. The van der Waals surface area contributed by atoms with Gasteiger partial charge < -0.3 is 19.7 Å². The molecule has 0 saturated carbocycles. The van der Waals surface area contributed by atoms with Gasteiger partial charge in [0.15, 0.2) is 11.5 Å². The van der Waals surface area contributed by atoms with E-state index >= 15 is 0 Å². The number of hydrogen-bond donors (Lipinski definition) is 1. The van der Waals surface area contributed by atoms with Crippen LogP contribution in [0.2, 0.25) is 10.0 Å². The molecule has 2 amide bonds. The van der Waals surface area contributed by atoms with Crippen molar-refractivity contribution in [2.75, 3.05) is 25.1 Å². The zero-order valence-corrected chi connectivity index (χ0v) is 29.0. The van der Waals surface area contributed by atoms with E-state index in [1.165, 1.54) is 37.3 Å². The first kappa shape index (κ1) is 36.0. The van der Waals surface area contributed by atoms with Gasteiger partial charge in [-0.2, -0.15) is 0 Å². The van der Waals surface area contributed by atoms with Crippen molar-refractivity contribution in [1.29, 1.82) is 0 Å². The summed E-state index contributed by atoms with van der Waals surface area (Å²) in [5.41, 5.74) is 2.36. The van der Waals surface area contributed by atoms with Crippen molar-refractivity contribution in [3.63, 3.8) is 0 Å². The van der Waals surface area contributed by atoms with Crippen LogP contribution in [0, 0.1) is 13.8 Å². The van der Waals surface area contributed by atoms with E-state index in [-0.39, 0.29) is 35.6 Å². The Balaban J connectivity index is 2.17. The van der Waals surface area contributed by atoms with E-state index in [1.807, 2.05) is 33.8 Å². The number of benzene rings is 3. The molecule has 244 valence electrons. The van der Waals surface area contributed by atoms with E-state index in [4.69, 9.17) is 32.7 Å². The zero-order chi connectivity index (χ0) is 33.5. The van der Waals surface area contributed by atoms with Crippen LogP contribution < -0.4 is 19.1 Å². The minimum absolute atomic E-state index is 0.102. The minimum Gasteiger partial charge on any atom is -0.493 e. The maximum Gasteiger partial charge on any atom is 0.264 e. The molecule has 0 spiro atoms. The van der Waals surface area contributed by atoms with Gasteiger partial charge in [0.2, 0.25) is 11.8 Å². The van der Waals surface area contributed by atoms with Crippen molar-refractivity contribution in [3.8, 4) is 11.5 Å². The maximum absolute atomic E-state index is 14.4. The van der Waals surface area contributed by atoms with Gasteiger partial charge in [-0.3, -0.25) is 13.9 Å². The van der Waals surface area contributed by atoms with Crippen molar-refractivity contribution in [2.45, 2.75) is 71.0 Å². The Morgan fingerprint density at radius 1 is 0.889 bits per heavy atom. The van der Waals surface area contributed by atoms with Gasteiger partial charge in [0.1, 0.15) is 12.6 Å². The first-order valence-electron chi connectivity index (χ1n) is 14.6. The predicted molar refractivity (Wildman–Crippen MR) is 179 cm³/mol. The monoisotopic (exact) mass is 677 g/mol. The second-order valence-corrected chi connectivity index (χ2v) is 13.5. The highest BCUT2D eigenvalue weighted by Gasteiger charge is 2.35. The quantitative estimate of drug-likeness (QED) is 0.208. The van der Waals surface area contributed by atoms with Gasteiger partial charge in [-0.05, 0) is 81.1 Å². The van der Waals surface area contributed by atoms with Gasteiger partial charge >= 0.3 is 0 Å². The van der Waals surface area contributed by atoms with Crippen LogP contribution in [-0.2, 0) is 26.2 Å². The highest BCUT2D eigenvalue weighted by molar-refractivity contribution is 7.92.